The van der Waals surface area contributed by atoms with E-state index in [-0.39, 0.29) is 22.4 Å². The van der Waals surface area contributed by atoms with Crippen molar-refractivity contribution < 1.29 is 19.1 Å². The maximum absolute atomic E-state index is 12.3. The Morgan fingerprint density at radius 3 is 2.63 bits per heavy atom. The van der Waals surface area contributed by atoms with Crippen molar-refractivity contribution in [3.05, 3.63) is 56.2 Å². The van der Waals surface area contributed by atoms with Gasteiger partial charge in [-0.1, -0.05) is 41.4 Å². The van der Waals surface area contributed by atoms with Gasteiger partial charge in [-0.2, -0.15) is 0 Å². The van der Waals surface area contributed by atoms with E-state index in [4.69, 9.17) is 17.3 Å². The Balaban J connectivity index is 2.04. The van der Waals surface area contributed by atoms with Gasteiger partial charge in [0.25, 0.3) is 11.8 Å². The van der Waals surface area contributed by atoms with Crippen molar-refractivity contribution >= 4 is 40.7 Å². The van der Waals surface area contributed by atoms with Crippen LogP contribution in [0.5, 0.6) is 0 Å². The lowest BCUT2D eigenvalue weighted by Gasteiger charge is -2.13. The zero-order valence-corrected chi connectivity index (χ0v) is 16.4. The third-order valence-electron chi connectivity index (χ3n) is 3.68. The largest absolute Gasteiger partial charge is 0.467 e. The highest BCUT2D eigenvalue weighted by molar-refractivity contribution is 7.16. The molecule has 0 radical (unpaired) electrons. The summed E-state index contributed by atoms with van der Waals surface area (Å²) in [6, 6.07) is 8.20. The number of nitrogens with two attached hydrogens (primary N) is 1. The third-order valence-corrected chi connectivity index (χ3v) is 5.22. The van der Waals surface area contributed by atoms with Gasteiger partial charge in [-0.15, -0.1) is 11.3 Å². The molecule has 27 heavy (non-hydrogen) atoms. The van der Waals surface area contributed by atoms with Crippen LogP contribution in [0.4, 0.5) is 0 Å². The van der Waals surface area contributed by atoms with Crippen LogP contribution in [0.2, 0.25) is 5.02 Å². The average Bonchev–Trinajstić information content (AvgIpc) is 3.05. The minimum atomic E-state index is -0.987. The van der Waals surface area contributed by atoms with Gasteiger partial charge < -0.3 is 21.1 Å². The third kappa shape index (κ3) is 5.53. The topological polar surface area (TPSA) is 111 Å². The molecule has 0 spiro atoms. The molecule has 2 rings (SSSR count). The second kappa shape index (κ2) is 9.50. The molecular weight excluding hydrogens is 390 g/mol. The Morgan fingerprint density at radius 1 is 1.26 bits per heavy atom. The van der Waals surface area contributed by atoms with E-state index in [1.807, 2.05) is 31.2 Å². The first-order chi connectivity index (χ1) is 12.8. The van der Waals surface area contributed by atoms with Crippen molar-refractivity contribution in [2.75, 3.05) is 13.7 Å². The van der Waals surface area contributed by atoms with Gasteiger partial charge in [-0.05, 0) is 18.6 Å². The summed E-state index contributed by atoms with van der Waals surface area (Å²) in [5.41, 5.74) is 7.53. The molecule has 0 bridgehead atoms. The average molecular weight is 410 g/mol. The number of rotatable bonds is 7. The molecule has 7 nitrogen and oxygen atoms in total. The van der Waals surface area contributed by atoms with Gasteiger partial charge in [0.1, 0.15) is 10.9 Å². The van der Waals surface area contributed by atoms with E-state index in [1.54, 1.807) is 0 Å². The summed E-state index contributed by atoms with van der Waals surface area (Å²) in [4.78, 5) is 36.6. The molecule has 9 heteroatoms. The fourth-order valence-corrected chi connectivity index (χ4v) is 3.55. The number of carbonyl (C=O) groups is 3. The van der Waals surface area contributed by atoms with Gasteiger partial charge in [0, 0.05) is 13.1 Å². The fourth-order valence-electron chi connectivity index (χ4n) is 2.31. The van der Waals surface area contributed by atoms with Crippen LogP contribution in [-0.2, 0) is 16.1 Å². The van der Waals surface area contributed by atoms with E-state index in [1.165, 1.54) is 13.2 Å². The number of aryl methyl sites for hydroxylation is 1. The van der Waals surface area contributed by atoms with E-state index in [2.05, 4.69) is 15.4 Å². The highest BCUT2D eigenvalue weighted by Crippen LogP contribution is 2.27. The van der Waals surface area contributed by atoms with E-state index in [9.17, 15) is 14.4 Å². The van der Waals surface area contributed by atoms with Crippen LogP contribution in [0, 0.1) is 6.92 Å². The number of nitrogens with one attached hydrogen (secondary N) is 2. The van der Waals surface area contributed by atoms with Crippen LogP contribution in [0.1, 0.15) is 30.5 Å². The number of methoxy groups -OCH3 is 1. The summed E-state index contributed by atoms with van der Waals surface area (Å²) >= 11 is 7.02. The van der Waals surface area contributed by atoms with Crippen molar-refractivity contribution in [3.8, 4) is 0 Å². The quantitative estimate of drug-likeness (QED) is 0.604. The highest BCUT2D eigenvalue weighted by Gasteiger charge is 2.24. The highest BCUT2D eigenvalue weighted by atomic mass is 35.5. The summed E-state index contributed by atoms with van der Waals surface area (Å²) in [7, 11) is 1.20. The first-order valence-electron chi connectivity index (χ1n) is 8.07. The van der Waals surface area contributed by atoms with E-state index >= 15 is 0 Å². The number of thiophene rings is 1. The Kier molecular flexibility index (Phi) is 7.35. The number of halogens is 1. The predicted octanol–water partition coefficient (Wildman–Crippen LogP) is 1.87. The van der Waals surface area contributed by atoms with Crippen LogP contribution in [0.15, 0.2) is 30.3 Å². The molecule has 4 N–H and O–H groups in total. The van der Waals surface area contributed by atoms with E-state index < -0.39 is 17.9 Å². The zero-order valence-electron chi connectivity index (χ0n) is 14.9. The summed E-state index contributed by atoms with van der Waals surface area (Å²) in [6.07, 6.45) is 0. The zero-order chi connectivity index (χ0) is 20.0. The minimum absolute atomic E-state index is 0.120. The maximum Gasteiger partial charge on any atom is 0.329 e. The molecule has 144 valence electrons. The van der Waals surface area contributed by atoms with Gasteiger partial charge in [0.2, 0.25) is 0 Å². The van der Waals surface area contributed by atoms with Gasteiger partial charge in [-0.3, -0.25) is 9.59 Å². The molecule has 1 aromatic carbocycles. The molecule has 2 aromatic rings. The van der Waals surface area contributed by atoms with Gasteiger partial charge in [0.15, 0.2) is 0 Å². The first-order valence-corrected chi connectivity index (χ1v) is 9.27. The lowest BCUT2D eigenvalue weighted by molar-refractivity contribution is -0.142. The molecule has 0 aliphatic heterocycles. The molecular formula is C18H20ClN3O4S. The van der Waals surface area contributed by atoms with Gasteiger partial charge >= 0.3 is 5.97 Å². The van der Waals surface area contributed by atoms with Crippen LogP contribution in [-0.4, -0.2) is 37.5 Å². The first kappa shape index (κ1) is 20.9. The summed E-state index contributed by atoms with van der Waals surface area (Å²) in [5, 5.41) is 5.36. The SMILES string of the molecule is COC(=O)[C@H](CN)NC(=O)c1sc(C(=O)NCc2cccc(C)c2)cc1Cl. The number of hydrogen-bond acceptors (Lipinski definition) is 6. The molecule has 0 aliphatic rings. The van der Waals surface area contributed by atoms with Crippen molar-refractivity contribution in [3.63, 3.8) is 0 Å². The summed E-state index contributed by atoms with van der Waals surface area (Å²) in [6.45, 7) is 2.21. The molecule has 0 saturated carbocycles. The van der Waals surface area contributed by atoms with Gasteiger partial charge in [0.05, 0.1) is 17.0 Å². The Morgan fingerprint density at radius 2 is 2.00 bits per heavy atom. The standard InChI is InChI=1S/C18H20ClN3O4S/c1-10-4-3-5-11(6-10)9-21-16(23)14-7-12(19)15(27-14)17(24)22-13(8-20)18(25)26-2/h3-7,13H,8-9,20H2,1-2H3,(H,21,23)(H,22,24)/t13-/m0/s1. The molecule has 0 fully saturated rings. The fraction of sp³-hybridized carbons (Fsp3) is 0.278. The molecule has 1 aromatic heterocycles. The predicted molar refractivity (Wildman–Crippen MR) is 104 cm³/mol. The lowest BCUT2D eigenvalue weighted by Crippen LogP contribution is -2.46. The molecule has 2 amide bonds. The number of benzene rings is 1. The Hall–Kier alpha value is -2.42. The monoisotopic (exact) mass is 409 g/mol. The van der Waals surface area contributed by atoms with Crippen LogP contribution < -0.4 is 16.4 Å². The normalized spacial score (nSPS) is 11.6. The molecule has 0 unspecified atom stereocenters. The van der Waals surface area contributed by atoms with Crippen molar-refractivity contribution in [1.29, 1.82) is 0 Å². The number of amides is 2. The van der Waals surface area contributed by atoms with Gasteiger partial charge in [-0.25, -0.2) is 4.79 Å². The smallest absolute Gasteiger partial charge is 0.329 e. The van der Waals surface area contributed by atoms with E-state index in [0.717, 1.165) is 22.5 Å². The summed E-state index contributed by atoms with van der Waals surface area (Å²) in [5.74, 6) is -1.59. The second-order valence-corrected chi connectivity index (χ2v) is 7.20. The maximum atomic E-state index is 12.3. The number of ether oxygens (including phenoxy) is 1. The number of esters is 1. The van der Waals surface area contributed by atoms with Crippen LogP contribution >= 0.6 is 22.9 Å². The molecule has 1 atom stereocenters. The number of hydrogen-bond donors (Lipinski definition) is 3. The van der Waals surface area contributed by atoms with Crippen molar-refractivity contribution in [2.24, 2.45) is 5.73 Å². The van der Waals surface area contributed by atoms with Crippen molar-refractivity contribution in [1.82, 2.24) is 10.6 Å². The lowest BCUT2D eigenvalue weighted by atomic mass is 10.1. The van der Waals surface area contributed by atoms with Crippen molar-refractivity contribution in [2.45, 2.75) is 19.5 Å². The Bertz CT molecular complexity index is 853. The Labute approximate surface area is 165 Å². The molecule has 0 saturated heterocycles. The number of carbonyl (C=O) groups excluding carboxylic acids is 3. The summed E-state index contributed by atoms with van der Waals surface area (Å²) < 4.78 is 4.57. The van der Waals surface area contributed by atoms with Crippen LogP contribution in [0.25, 0.3) is 0 Å². The molecule has 0 aliphatic carbocycles. The second-order valence-electron chi connectivity index (χ2n) is 5.74. The van der Waals surface area contributed by atoms with Crippen LogP contribution in [0.3, 0.4) is 0 Å². The van der Waals surface area contributed by atoms with E-state index in [0.29, 0.717) is 11.4 Å². The minimum Gasteiger partial charge on any atom is -0.467 e. The molecule has 1 heterocycles.